The zero-order valence-electron chi connectivity index (χ0n) is 17.7. The highest BCUT2D eigenvalue weighted by Gasteiger charge is 2.32. The van der Waals surface area contributed by atoms with Crippen LogP contribution in [0.25, 0.3) is 0 Å². The molecule has 180 valence electrons. The Morgan fingerprint density at radius 3 is 2.21 bits per heavy atom. The molecule has 1 aromatic heterocycles. The van der Waals surface area contributed by atoms with Gasteiger partial charge >= 0.3 is 0 Å². The summed E-state index contributed by atoms with van der Waals surface area (Å²) in [4.78, 5) is 13.0. The van der Waals surface area contributed by atoms with Gasteiger partial charge in [0.1, 0.15) is 5.02 Å². The molecule has 0 atom stereocenters. The van der Waals surface area contributed by atoms with E-state index in [0.29, 0.717) is 33.5 Å². The van der Waals surface area contributed by atoms with E-state index in [1.807, 2.05) is 0 Å². The molecule has 1 fully saturated rings. The van der Waals surface area contributed by atoms with Crippen LogP contribution >= 0.6 is 46.4 Å². The number of amides is 1. The van der Waals surface area contributed by atoms with E-state index in [1.165, 1.54) is 28.6 Å². The van der Waals surface area contributed by atoms with E-state index in [1.54, 1.807) is 29.1 Å². The number of piperidine rings is 1. The number of halogens is 4. The number of aromatic nitrogens is 2. The third kappa shape index (κ3) is 5.53. The first-order chi connectivity index (χ1) is 16.1. The summed E-state index contributed by atoms with van der Waals surface area (Å²) in [6, 6.07) is 11.2. The van der Waals surface area contributed by atoms with Crippen LogP contribution in [0.3, 0.4) is 0 Å². The second-order valence-electron chi connectivity index (χ2n) is 7.84. The van der Waals surface area contributed by atoms with Gasteiger partial charge in [-0.3, -0.25) is 9.48 Å². The third-order valence-corrected chi connectivity index (χ3v) is 8.77. The monoisotopic (exact) mass is 560 g/mol. The van der Waals surface area contributed by atoms with Crippen molar-refractivity contribution < 1.29 is 13.2 Å². The van der Waals surface area contributed by atoms with Crippen molar-refractivity contribution >= 4 is 68.2 Å². The molecule has 0 unspecified atom stereocenters. The minimum absolute atomic E-state index is 0.177. The zero-order valence-corrected chi connectivity index (χ0v) is 21.6. The van der Waals surface area contributed by atoms with E-state index < -0.39 is 10.0 Å². The molecule has 12 heteroatoms. The van der Waals surface area contributed by atoms with Crippen LogP contribution in [0.15, 0.2) is 53.6 Å². The lowest BCUT2D eigenvalue weighted by molar-refractivity contribution is -0.120. The van der Waals surface area contributed by atoms with Gasteiger partial charge < -0.3 is 5.32 Å². The number of rotatable bonds is 6. The highest BCUT2D eigenvalue weighted by atomic mass is 35.5. The number of sulfonamides is 1. The number of carbonyl (C=O) groups excluding carboxylic acids is 1. The first-order valence-electron chi connectivity index (χ1n) is 10.4. The predicted octanol–water partition coefficient (Wildman–Crippen LogP) is 5.58. The third-order valence-electron chi connectivity index (χ3n) is 5.62. The molecule has 1 aliphatic rings. The van der Waals surface area contributed by atoms with Crippen molar-refractivity contribution in [3.8, 4) is 0 Å². The van der Waals surface area contributed by atoms with Gasteiger partial charge in [-0.25, -0.2) is 8.42 Å². The molecule has 0 saturated carbocycles. The summed E-state index contributed by atoms with van der Waals surface area (Å²) in [5, 5.41) is 8.85. The van der Waals surface area contributed by atoms with E-state index in [4.69, 9.17) is 46.4 Å². The molecular formula is C22H20Cl4N4O3S. The number of benzene rings is 2. The summed E-state index contributed by atoms with van der Waals surface area (Å²) in [7, 11) is -3.64. The van der Waals surface area contributed by atoms with Crippen LogP contribution in [0.2, 0.25) is 20.1 Å². The summed E-state index contributed by atoms with van der Waals surface area (Å²) in [5.41, 5.74) is 0.692. The zero-order chi connectivity index (χ0) is 24.5. The van der Waals surface area contributed by atoms with Crippen molar-refractivity contribution in [2.45, 2.75) is 24.3 Å². The van der Waals surface area contributed by atoms with Crippen LogP contribution in [0.4, 0.5) is 5.82 Å². The summed E-state index contributed by atoms with van der Waals surface area (Å²) in [5.74, 6) is -0.395. The van der Waals surface area contributed by atoms with Gasteiger partial charge in [-0.2, -0.15) is 9.40 Å². The first-order valence-corrected chi connectivity index (χ1v) is 13.3. The van der Waals surface area contributed by atoms with Crippen molar-refractivity contribution in [3.05, 3.63) is 74.3 Å². The Labute approximate surface area is 217 Å². The summed E-state index contributed by atoms with van der Waals surface area (Å²) >= 11 is 24.6. The van der Waals surface area contributed by atoms with Crippen LogP contribution < -0.4 is 5.32 Å². The fraction of sp³-hybridized carbons (Fsp3) is 0.273. The molecule has 7 nitrogen and oxygen atoms in total. The van der Waals surface area contributed by atoms with Crippen LogP contribution in [0.5, 0.6) is 0 Å². The molecule has 0 radical (unpaired) electrons. The van der Waals surface area contributed by atoms with Crippen LogP contribution in [0, 0.1) is 5.92 Å². The van der Waals surface area contributed by atoms with Gasteiger partial charge in [-0.1, -0.05) is 52.5 Å². The molecular weight excluding hydrogens is 542 g/mol. The van der Waals surface area contributed by atoms with Gasteiger partial charge in [0.15, 0.2) is 5.82 Å². The maximum absolute atomic E-state index is 12.8. The molecule has 0 aliphatic carbocycles. The van der Waals surface area contributed by atoms with Gasteiger partial charge in [-0.05, 0) is 49.2 Å². The van der Waals surface area contributed by atoms with Gasteiger partial charge in [0.2, 0.25) is 15.9 Å². The lowest BCUT2D eigenvalue weighted by Crippen LogP contribution is -2.41. The van der Waals surface area contributed by atoms with Crippen molar-refractivity contribution in [1.82, 2.24) is 14.1 Å². The highest BCUT2D eigenvalue weighted by molar-refractivity contribution is 7.89. The molecule has 1 N–H and O–H groups in total. The Kier molecular flexibility index (Phi) is 7.76. The van der Waals surface area contributed by atoms with E-state index in [2.05, 4.69) is 10.4 Å². The van der Waals surface area contributed by atoms with E-state index in [-0.39, 0.29) is 47.2 Å². The lowest BCUT2D eigenvalue weighted by atomic mass is 9.97. The smallest absolute Gasteiger partial charge is 0.243 e. The summed E-state index contributed by atoms with van der Waals surface area (Å²) < 4.78 is 28.6. The number of anilines is 1. The molecule has 34 heavy (non-hydrogen) atoms. The van der Waals surface area contributed by atoms with Gasteiger partial charge in [0.05, 0.1) is 11.4 Å². The molecule has 1 saturated heterocycles. The minimum Gasteiger partial charge on any atom is -0.308 e. The average molecular weight is 562 g/mol. The number of hydrogen-bond acceptors (Lipinski definition) is 4. The average Bonchev–Trinajstić information content (AvgIpc) is 3.15. The van der Waals surface area contributed by atoms with E-state index in [0.717, 1.165) is 0 Å². The van der Waals surface area contributed by atoms with Gasteiger partial charge in [0.25, 0.3) is 0 Å². The second-order valence-corrected chi connectivity index (χ2v) is 11.4. The molecule has 0 spiro atoms. The van der Waals surface area contributed by atoms with Gasteiger partial charge in [-0.15, -0.1) is 0 Å². The Hall–Kier alpha value is -1.81. The number of carbonyl (C=O) groups is 1. The Morgan fingerprint density at radius 1 is 0.971 bits per heavy atom. The SMILES string of the molecule is O=C(Nc1nn(Cc2c(Cl)cccc2Cl)cc1Cl)C1CCN(S(=O)(=O)c2ccc(Cl)cc2)CC1. The van der Waals surface area contributed by atoms with Crippen molar-refractivity contribution in [3.63, 3.8) is 0 Å². The quantitative estimate of drug-likeness (QED) is 0.425. The largest absolute Gasteiger partial charge is 0.308 e. The van der Waals surface area contributed by atoms with Crippen molar-refractivity contribution in [2.24, 2.45) is 5.92 Å². The molecule has 2 aromatic carbocycles. The maximum atomic E-state index is 12.8. The summed E-state index contributed by atoms with van der Waals surface area (Å²) in [6.45, 7) is 0.751. The predicted molar refractivity (Wildman–Crippen MR) is 134 cm³/mol. The van der Waals surface area contributed by atoms with Crippen LogP contribution in [-0.4, -0.2) is 41.5 Å². The second kappa shape index (κ2) is 10.4. The topological polar surface area (TPSA) is 84.3 Å². The standard InChI is InChI=1S/C22H20Cl4N4O3S/c23-15-4-6-16(7-5-15)34(32,33)30-10-8-14(9-11-30)22(31)27-21-20(26)13-29(28-21)12-17-18(24)2-1-3-19(17)25/h1-7,13-14H,8-12H2,(H,27,28,31). The molecule has 0 bridgehead atoms. The molecule has 3 aromatic rings. The molecule has 2 heterocycles. The highest BCUT2D eigenvalue weighted by Crippen LogP contribution is 2.29. The van der Waals surface area contributed by atoms with Crippen molar-refractivity contribution in [1.29, 1.82) is 0 Å². The molecule has 1 aliphatic heterocycles. The fourth-order valence-corrected chi connectivity index (χ4v) is 6.05. The van der Waals surface area contributed by atoms with Crippen LogP contribution in [0.1, 0.15) is 18.4 Å². The van der Waals surface area contributed by atoms with Crippen LogP contribution in [-0.2, 0) is 21.4 Å². The number of nitrogens with one attached hydrogen (secondary N) is 1. The van der Waals surface area contributed by atoms with E-state index in [9.17, 15) is 13.2 Å². The Balaban J connectivity index is 1.37. The normalized spacial score (nSPS) is 15.4. The molecule has 1 amide bonds. The maximum Gasteiger partial charge on any atom is 0.243 e. The summed E-state index contributed by atoms with van der Waals surface area (Å²) in [6.07, 6.45) is 2.34. The minimum atomic E-state index is -3.64. The number of hydrogen-bond donors (Lipinski definition) is 1. The molecule has 4 rings (SSSR count). The lowest BCUT2D eigenvalue weighted by Gasteiger charge is -2.30. The Bertz CT molecular complexity index is 1280. The van der Waals surface area contributed by atoms with Crippen molar-refractivity contribution in [2.75, 3.05) is 18.4 Å². The fourth-order valence-electron chi connectivity index (χ4n) is 3.74. The Morgan fingerprint density at radius 2 is 1.59 bits per heavy atom. The van der Waals surface area contributed by atoms with E-state index >= 15 is 0 Å². The van der Waals surface area contributed by atoms with Gasteiger partial charge in [0, 0.05) is 45.8 Å². The number of nitrogens with zero attached hydrogens (tertiary/aromatic N) is 3. The first kappa shape index (κ1) is 25.3.